The van der Waals surface area contributed by atoms with Crippen LogP contribution < -0.4 is 10.3 Å². The predicted octanol–water partition coefficient (Wildman–Crippen LogP) is 5.80. The van der Waals surface area contributed by atoms with Crippen molar-refractivity contribution in [3.8, 4) is 5.75 Å². The van der Waals surface area contributed by atoms with E-state index in [1.165, 1.54) is 10.9 Å². The average Bonchev–Trinajstić information content (AvgIpc) is 2.77. The number of hydrogen-bond acceptors (Lipinski definition) is 6. The van der Waals surface area contributed by atoms with Crippen LogP contribution >= 0.6 is 39.1 Å². The number of benzene rings is 2. The molecule has 3 rings (SSSR count). The Morgan fingerprint density at radius 3 is 2.58 bits per heavy atom. The molecule has 1 aromatic heterocycles. The number of hydrogen-bond donors (Lipinski definition) is 0. The molecule has 0 aliphatic rings. The summed E-state index contributed by atoms with van der Waals surface area (Å²) in [6, 6.07) is 8.53. The molecule has 0 amide bonds. The second-order valence-corrected chi connectivity index (χ2v) is 8.94. The van der Waals surface area contributed by atoms with E-state index in [1.807, 2.05) is 19.9 Å². The highest BCUT2D eigenvalue weighted by Crippen LogP contribution is 2.34. The molecule has 10 heteroatoms. The molecule has 0 aliphatic heterocycles. The molecular weight excluding hydrogens is 533 g/mol. The third-order valence-corrected chi connectivity index (χ3v) is 5.92. The molecule has 2 aromatic carbocycles. The van der Waals surface area contributed by atoms with E-state index >= 15 is 0 Å². The summed E-state index contributed by atoms with van der Waals surface area (Å²) in [5.74, 6) is 0.203. The molecule has 33 heavy (non-hydrogen) atoms. The molecule has 0 saturated carbocycles. The molecule has 1 heterocycles. The van der Waals surface area contributed by atoms with Gasteiger partial charge in [-0.05, 0) is 49.2 Å². The Kier molecular flexibility index (Phi) is 8.51. The molecule has 0 fully saturated rings. The Labute approximate surface area is 209 Å². The largest absolute Gasteiger partial charge is 0.479 e. The molecule has 0 radical (unpaired) electrons. The number of ether oxygens (including phenoxy) is 2. The van der Waals surface area contributed by atoms with E-state index in [0.29, 0.717) is 22.3 Å². The number of halogens is 3. The van der Waals surface area contributed by atoms with E-state index in [0.717, 1.165) is 10.9 Å². The summed E-state index contributed by atoms with van der Waals surface area (Å²) in [7, 11) is 0. The van der Waals surface area contributed by atoms with Crippen molar-refractivity contribution in [2.24, 2.45) is 5.10 Å². The van der Waals surface area contributed by atoms with Crippen LogP contribution in [0.2, 0.25) is 10.0 Å². The van der Waals surface area contributed by atoms with Crippen molar-refractivity contribution in [1.82, 2.24) is 9.66 Å². The third-order valence-electron chi connectivity index (χ3n) is 4.87. The molecule has 0 unspecified atom stereocenters. The van der Waals surface area contributed by atoms with Crippen molar-refractivity contribution in [2.45, 2.75) is 33.1 Å². The molecule has 0 aliphatic carbocycles. The maximum atomic E-state index is 13.2. The van der Waals surface area contributed by atoms with Gasteiger partial charge in [0.1, 0.15) is 5.82 Å². The van der Waals surface area contributed by atoms with Crippen molar-refractivity contribution in [3.63, 3.8) is 0 Å². The zero-order valence-corrected chi connectivity index (χ0v) is 21.4. The number of rotatable bonds is 8. The summed E-state index contributed by atoms with van der Waals surface area (Å²) >= 11 is 16.0. The lowest BCUT2D eigenvalue weighted by Crippen LogP contribution is -2.23. The summed E-state index contributed by atoms with van der Waals surface area (Å²) in [5.41, 5.74) is 0.878. The van der Waals surface area contributed by atoms with Gasteiger partial charge in [-0.2, -0.15) is 9.78 Å². The molecule has 0 N–H and O–H groups in total. The lowest BCUT2D eigenvalue weighted by molar-refractivity contribution is -0.145. The molecule has 0 spiro atoms. The van der Waals surface area contributed by atoms with Crippen LogP contribution in [-0.2, 0) is 9.53 Å². The lowest BCUT2D eigenvalue weighted by Gasteiger charge is -2.14. The maximum Gasteiger partial charge on any atom is 0.344 e. The molecule has 7 nitrogen and oxygen atoms in total. The predicted molar refractivity (Wildman–Crippen MR) is 134 cm³/mol. The van der Waals surface area contributed by atoms with Gasteiger partial charge in [0.2, 0.25) is 0 Å². The van der Waals surface area contributed by atoms with Crippen molar-refractivity contribution < 1.29 is 14.3 Å². The first-order valence-electron chi connectivity index (χ1n) is 10.3. The minimum Gasteiger partial charge on any atom is -0.479 e. The van der Waals surface area contributed by atoms with Crippen LogP contribution in [0.1, 0.15) is 44.5 Å². The second-order valence-electron chi connectivity index (χ2n) is 7.21. The summed E-state index contributed by atoms with van der Waals surface area (Å²) in [6.07, 6.45) is 2.26. The SMILES string of the molecule is CCOC(=O)COc1c(Cl)cc(C=Nn2c([C@@H](C)CC)nc3ccc(Br)cc3c2=O)cc1Cl. The van der Waals surface area contributed by atoms with Crippen LogP contribution in [0.4, 0.5) is 0 Å². The van der Waals surface area contributed by atoms with Gasteiger partial charge in [-0.15, -0.1) is 0 Å². The zero-order chi connectivity index (χ0) is 24.1. The first kappa shape index (κ1) is 25.2. The fraction of sp³-hybridized carbons (Fsp3) is 0.304. The van der Waals surface area contributed by atoms with Gasteiger partial charge >= 0.3 is 5.97 Å². The van der Waals surface area contributed by atoms with Crippen LogP contribution in [0.5, 0.6) is 5.75 Å². The van der Waals surface area contributed by atoms with E-state index < -0.39 is 5.97 Å². The van der Waals surface area contributed by atoms with E-state index in [4.69, 9.17) is 32.7 Å². The number of aromatic nitrogens is 2. The lowest BCUT2D eigenvalue weighted by atomic mass is 10.1. The van der Waals surface area contributed by atoms with Gasteiger partial charge in [0.15, 0.2) is 12.4 Å². The molecule has 3 aromatic rings. The quantitative estimate of drug-likeness (QED) is 0.259. The van der Waals surface area contributed by atoms with Gasteiger partial charge in [-0.25, -0.2) is 9.78 Å². The van der Waals surface area contributed by atoms with Crippen LogP contribution in [-0.4, -0.2) is 35.1 Å². The van der Waals surface area contributed by atoms with Crippen LogP contribution in [0.15, 0.2) is 44.7 Å². The van der Waals surface area contributed by atoms with E-state index in [9.17, 15) is 9.59 Å². The fourth-order valence-corrected chi connectivity index (χ4v) is 4.00. The number of carbonyl (C=O) groups excluding carboxylic acids is 1. The van der Waals surface area contributed by atoms with Crippen molar-refractivity contribution in [3.05, 3.63) is 66.6 Å². The fourth-order valence-electron chi connectivity index (χ4n) is 3.03. The van der Waals surface area contributed by atoms with Gasteiger partial charge in [0, 0.05) is 10.4 Å². The normalized spacial score (nSPS) is 12.3. The average molecular weight is 555 g/mol. The number of carbonyl (C=O) groups is 1. The monoisotopic (exact) mass is 553 g/mol. The van der Waals surface area contributed by atoms with Crippen LogP contribution in [0.25, 0.3) is 10.9 Å². The van der Waals surface area contributed by atoms with Crippen molar-refractivity contribution in [1.29, 1.82) is 0 Å². The molecule has 174 valence electrons. The molecular formula is C23H22BrCl2N3O4. The number of nitrogens with zero attached hydrogens (tertiary/aromatic N) is 3. The van der Waals surface area contributed by atoms with E-state index in [1.54, 1.807) is 31.2 Å². The summed E-state index contributed by atoms with van der Waals surface area (Å²) in [6.45, 7) is 5.64. The van der Waals surface area contributed by atoms with Gasteiger partial charge in [0.25, 0.3) is 5.56 Å². The van der Waals surface area contributed by atoms with Crippen LogP contribution in [0.3, 0.4) is 0 Å². The Balaban J connectivity index is 1.99. The topological polar surface area (TPSA) is 82.8 Å². The van der Waals surface area contributed by atoms with Crippen molar-refractivity contribution >= 4 is 62.2 Å². The van der Waals surface area contributed by atoms with E-state index in [2.05, 4.69) is 26.0 Å². The highest BCUT2D eigenvalue weighted by atomic mass is 79.9. The first-order valence-corrected chi connectivity index (χ1v) is 11.8. The summed E-state index contributed by atoms with van der Waals surface area (Å²) in [5, 5.41) is 5.25. The Morgan fingerprint density at radius 1 is 1.24 bits per heavy atom. The Bertz CT molecular complexity index is 1250. The maximum absolute atomic E-state index is 13.2. The van der Waals surface area contributed by atoms with Crippen LogP contribution in [0, 0.1) is 0 Å². The minimum absolute atomic E-state index is 0.00808. The first-order chi connectivity index (χ1) is 15.7. The highest BCUT2D eigenvalue weighted by molar-refractivity contribution is 9.10. The minimum atomic E-state index is -0.525. The van der Waals surface area contributed by atoms with Gasteiger partial charge in [-0.1, -0.05) is 53.0 Å². The zero-order valence-electron chi connectivity index (χ0n) is 18.3. The third kappa shape index (κ3) is 5.93. The summed E-state index contributed by atoms with van der Waals surface area (Å²) in [4.78, 5) is 29.4. The van der Waals surface area contributed by atoms with Crippen molar-refractivity contribution in [2.75, 3.05) is 13.2 Å². The second kappa shape index (κ2) is 11.1. The Morgan fingerprint density at radius 2 is 1.94 bits per heavy atom. The van der Waals surface area contributed by atoms with Gasteiger partial charge in [-0.3, -0.25) is 4.79 Å². The highest BCUT2D eigenvalue weighted by Gasteiger charge is 2.16. The summed E-state index contributed by atoms with van der Waals surface area (Å²) < 4.78 is 12.3. The molecule has 0 bridgehead atoms. The smallest absolute Gasteiger partial charge is 0.344 e. The van der Waals surface area contributed by atoms with Gasteiger partial charge < -0.3 is 9.47 Å². The standard InChI is InChI=1S/C23H22BrCl2N3O4/c1-4-13(3)22-28-19-7-6-15(24)10-16(19)23(31)29(22)27-11-14-8-17(25)21(18(26)9-14)33-12-20(30)32-5-2/h6-11,13H,4-5,12H2,1-3H3/t13-/m0/s1. The Hall–Kier alpha value is -2.42. The molecule has 1 atom stereocenters. The molecule has 0 saturated heterocycles. The number of esters is 1. The van der Waals surface area contributed by atoms with Gasteiger partial charge in [0.05, 0.1) is 33.8 Å². The number of fused-ring (bicyclic) bond motifs is 1. The van der Waals surface area contributed by atoms with E-state index in [-0.39, 0.29) is 40.5 Å².